The number of hydrogen-bond donors (Lipinski definition) is 1. The molecule has 2 heterocycles. The first-order valence-corrected chi connectivity index (χ1v) is 12.8. The lowest BCUT2D eigenvalue weighted by atomic mass is 9.84. The summed E-state index contributed by atoms with van der Waals surface area (Å²) in [7, 11) is -3.55. The van der Waals surface area contributed by atoms with Crippen LogP contribution >= 0.6 is 0 Å². The highest BCUT2D eigenvalue weighted by molar-refractivity contribution is 7.89. The van der Waals surface area contributed by atoms with Gasteiger partial charge in [0.05, 0.1) is 4.90 Å². The summed E-state index contributed by atoms with van der Waals surface area (Å²) in [4.78, 5) is 13.2. The summed E-state index contributed by atoms with van der Waals surface area (Å²) >= 11 is 0. The van der Waals surface area contributed by atoms with Gasteiger partial charge in [-0.15, -0.1) is 0 Å². The van der Waals surface area contributed by atoms with E-state index in [1.807, 2.05) is 38.1 Å². The van der Waals surface area contributed by atoms with Gasteiger partial charge in [0.1, 0.15) is 0 Å². The van der Waals surface area contributed by atoms with Crippen LogP contribution in [0.4, 0.5) is 0 Å². The number of nitrogens with one attached hydrogen (secondary N) is 1. The maximum absolute atomic E-state index is 13.0. The van der Waals surface area contributed by atoms with Gasteiger partial charge in [0.2, 0.25) is 22.7 Å². The van der Waals surface area contributed by atoms with Crippen molar-refractivity contribution >= 4 is 15.9 Å². The molecular formula is C25H32N2O5S. The fourth-order valence-corrected chi connectivity index (χ4v) is 5.81. The molecule has 0 atom stereocenters. The second-order valence-electron chi connectivity index (χ2n) is 9.59. The number of amides is 1. The predicted molar refractivity (Wildman–Crippen MR) is 126 cm³/mol. The number of benzene rings is 2. The Kier molecular flexibility index (Phi) is 6.42. The first-order valence-electron chi connectivity index (χ1n) is 11.3. The molecule has 1 N–H and O–H groups in total. The van der Waals surface area contributed by atoms with E-state index in [-0.39, 0.29) is 24.0 Å². The summed E-state index contributed by atoms with van der Waals surface area (Å²) in [5.41, 5.74) is 2.79. The minimum atomic E-state index is -3.55. The Labute approximate surface area is 196 Å². The molecule has 2 aromatic rings. The monoisotopic (exact) mass is 472 g/mol. The molecule has 0 bridgehead atoms. The highest BCUT2D eigenvalue weighted by Crippen LogP contribution is 2.36. The van der Waals surface area contributed by atoms with Crippen LogP contribution in [0.3, 0.4) is 0 Å². The number of fused-ring (bicyclic) bond motifs is 1. The minimum absolute atomic E-state index is 0.0213. The molecule has 8 heteroatoms. The van der Waals surface area contributed by atoms with Gasteiger partial charge in [-0.3, -0.25) is 4.79 Å². The van der Waals surface area contributed by atoms with Crippen LogP contribution in [0.25, 0.3) is 0 Å². The molecule has 2 aliphatic rings. The fraction of sp³-hybridized carbons (Fsp3) is 0.480. The van der Waals surface area contributed by atoms with Gasteiger partial charge in [-0.1, -0.05) is 26.0 Å². The molecule has 1 fully saturated rings. The van der Waals surface area contributed by atoms with Crippen LogP contribution in [0.1, 0.15) is 43.4 Å². The molecule has 0 spiro atoms. The number of aryl methyl sites for hydroxylation is 2. The van der Waals surface area contributed by atoms with Crippen molar-refractivity contribution in [2.24, 2.45) is 5.92 Å². The first kappa shape index (κ1) is 23.6. The third kappa shape index (κ3) is 4.87. The van der Waals surface area contributed by atoms with Gasteiger partial charge < -0.3 is 14.8 Å². The van der Waals surface area contributed by atoms with Crippen molar-refractivity contribution in [3.63, 3.8) is 0 Å². The van der Waals surface area contributed by atoms with Gasteiger partial charge in [-0.05, 0) is 67.6 Å². The lowest BCUT2D eigenvalue weighted by Crippen LogP contribution is -2.45. The van der Waals surface area contributed by atoms with Crippen LogP contribution < -0.4 is 14.8 Å². The lowest BCUT2D eigenvalue weighted by molar-refractivity contribution is -0.126. The maximum atomic E-state index is 13.0. The molecule has 178 valence electrons. The van der Waals surface area contributed by atoms with Crippen LogP contribution in [-0.2, 0) is 20.2 Å². The van der Waals surface area contributed by atoms with Crippen LogP contribution in [0.2, 0.25) is 0 Å². The summed E-state index contributed by atoms with van der Waals surface area (Å²) in [5, 5.41) is 3.08. The zero-order valence-corrected chi connectivity index (χ0v) is 20.5. The van der Waals surface area contributed by atoms with Crippen molar-refractivity contribution in [3.05, 3.63) is 53.1 Å². The molecule has 4 rings (SSSR count). The molecule has 0 aliphatic carbocycles. The minimum Gasteiger partial charge on any atom is -0.454 e. The number of sulfonamides is 1. The summed E-state index contributed by atoms with van der Waals surface area (Å²) in [6, 6.07) is 11.1. The smallest absolute Gasteiger partial charge is 0.243 e. The Bertz CT molecular complexity index is 1150. The predicted octanol–water partition coefficient (Wildman–Crippen LogP) is 3.53. The van der Waals surface area contributed by atoms with E-state index < -0.39 is 10.0 Å². The van der Waals surface area contributed by atoms with Gasteiger partial charge in [-0.2, -0.15) is 4.31 Å². The van der Waals surface area contributed by atoms with E-state index in [4.69, 9.17) is 9.47 Å². The Morgan fingerprint density at radius 2 is 1.73 bits per heavy atom. The summed E-state index contributed by atoms with van der Waals surface area (Å²) in [6.07, 6.45) is 1.03. The molecule has 0 saturated carbocycles. The number of carbonyl (C=O) groups excluding carboxylic acids is 1. The molecule has 2 aromatic carbocycles. The normalized spacial score (nSPS) is 17.2. The Morgan fingerprint density at radius 1 is 1.03 bits per heavy atom. The van der Waals surface area contributed by atoms with Crippen molar-refractivity contribution in [3.8, 4) is 11.5 Å². The molecule has 0 radical (unpaired) electrons. The molecule has 0 aromatic heterocycles. The topological polar surface area (TPSA) is 84.9 Å². The molecule has 1 saturated heterocycles. The van der Waals surface area contributed by atoms with Crippen molar-refractivity contribution in [1.29, 1.82) is 0 Å². The number of carbonyl (C=O) groups is 1. The van der Waals surface area contributed by atoms with Gasteiger partial charge in [0.25, 0.3) is 0 Å². The van der Waals surface area contributed by atoms with Crippen LogP contribution in [0.15, 0.2) is 41.3 Å². The van der Waals surface area contributed by atoms with Crippen molar-refractivity contribution < 1.29 is 22.7 Å². The molecule has 33 heavy (non-hydrogen) atoms. The van der Waals surface area contributed by atoms with Gasteiger partial charge in [0.15, 0.2) is 11.5 Å². The average Bonchev–Trinajstić information content (AvgIpc) is 3.27. The number of hydrogen-bond acceptors (Lipinski definition) is 5. The van der Waals surface area contributed by atoms with E-state index in [1.54, 1.807) is 12.1 Å². The summed E-state index contributed by atoms with van der Waals surface area (Å²) in [5.74, 6) is 1.25. The second kappa shape index (κ2) is 8.99. The Hall–Kier alpha value is -2.58. The Morgan fingerprint density at radius 3 is 2.42 bits per heavy atom. The molecule has 1 amide bonds. The quantitative estimate of drug-likeness (QED) is 0.695. The third-order valence-electron chi connectivity index (χ3n) is 6.80. The highest BCUT2D eigenvalue weighted by Gasteiger charge is 2.33. The summed E-state index contributed by atoms with van der Waals surface area (Å²) < 4.78 is 38.4. The molecule has 0 unspecified atom stereocenters. The van der Waals surface area contributed by atoms with Crippen molar-refractivity contribution in [1.82, 2.24) is 9.62 Å². The van der Waals surface area contributed by atoms with Gasteiger partial charge in [-0.25, -0.2) is 8.42 Å². The SMILES string of the molecule is Cc1ccc(S(=O)(=O)N2CCC(C(=O)NCC(C)(C)c3ccc4c(c3)OCO4)CC2)cc1C. The van der Waals surface area contributed by atoms with Crippen LogP contribution in [0.5, 0.6) is 11.5 Å². The van der Waals surface area contributed by atoms with E-state index in [0.717, 1.165) is 28.2 Å². The zero-order valence-electron chi connectivity index (χ0n) is 19.7. The van der Waals surface area contributed by atoms with E-state index in [1.165, 1.54) is 4.31 Å². The zero-order chi connectivity index (χ0) is 23.8. The fourth-order valence-electron chi connectivity index (χ4n) is 4.25. The van der Waals surface area contributed by atoms with Gasteiger partial charge in [0, 0.05) is 31.0 Å². The van der Waals surface area contributed by atoms with Gasteiger partial charge >= 0.3 is 0 Å². The van der Waals surface area contributed by atoms with Crippen LogP contribution in [-0.4, -0.2) is 45.1 Å². The van der Waals surface area contributed by atoms with E-state index >= 15 is 0 Å². The number of nitrogens with zero attached hydrogens (tertiary/aromatic N) is 1. The average molecular weight is 473 g/mol. The molecule has 2 aliphatic heterocycles. The highest BCUT2D eigenvalue weighted by atomic mass is 32.2. The molecular weight excluding hydrogens is 440 g/mol. The summed E-state index contributed by atoms with van der Waals surface area (Å²) in [6.45, 7) is 9.42. The maximum Gasteiger partial charge on any atom is 0.243 e. The lowest BCUT2D eigenvalue weighted by Gasteiger charge is -2.32. The standard InChI is InChI=1S/C25H32N2O5S/c1-17-5-7-21(13-18(17)2)33(29,30)27-11-9-19(10-12-27)24(28)26-15-25(3,4)20-6-8-22-23(14-20)32-16-31-22/h5-8,13-14,19H,9-12,15-16H2,1-4H3,(H,26,28). The van der Waals surface area contributed by atoms with Crippen LogP contribution in [0, 0.1) is 19.8 Å². The second-order valence-corrected chi connectivity index (χ2v) is 11.5. The molecule has 7 nitrogen and oxygen atoms in total. The van der Waals surface area contributed by atoms with Crippen molar-refractivity contribution in [2.75, 3.05) is 26.4 Å². The largest absolute Gasteiger partial charge is 0.454 e. The number of rotatable bonds is 6. The van der Waals surface area contributed by atoms with Crippen molar-refractivity contribution in [2.45, 2.75) is 50.8 Å². The van der Waals surface area contributed by atoms with E-state index in [9.17, 15) is 13.2 Å². The Balaban J connectivity index is 1.33. The van der Waals surface area contributed by atoms with E-state index in [0.29, 0.717) is 37.4 Å². The third-order valence-corrected chi connectivity index (χ3v) is 8.69. The number of ether oxygens (including phenoxy) is 2. The van der Waals surface area contributed by atoms with E-state index in [2.05, 4.69) is 19.2 Å². The number of piperidine rings is 1. The first-order chi connectivity index (χ1) is 15.6.